The van der Waals surface area contributed by atoms with E-state index in [4.69, 9.17) is 5.11 Å². The first-order valence-corrected chi connectivity index (χ1v) is 7.13. The van der Waals surface area contributed by atoms with Gasteiger partial charge in [-0.15, -0.1) is 0 Å². The largest absolute Gasteiger partial charge is 0.480 e. The van der Waals surface area contributed by atoms with Crippen LogP contribution in [0.3, 0.4) is 0 Å². The van der Waals surface area contributed by atoms with Gasteiger partial charge in [0.2, 0.25) is 0 Å². The summed E-state index contributed by atoms with van der Waals surface area (Å²) in [6, 6.07) is 5.66. The highest BCUT2D eigenvalue weighted by atomic mass is 16.6. The second kappa shape index (κ2) is 6.90. The normalized spacial score (nSPS) is 10.4. The predicted octanol–water partition coefficient (Wildman–Crippen LogP) is 1.54. The zero-order valence-electron chi connectivity index (χ0n) is 13.2. The summed E-state index contributed by atoms with van der Waals surface area (Å²) in [6.07, 6.45) is 1.50. The molecule has 0 spiro atoms. The molecule has 24 heavy (non-hydrogen) atoms. The van der Waals surface area contributed by atoms with Gasteiger partial charge in [0.25, 0.3) is 11.6 Å². The highest BCUT2D eigenvalue weighted by Crippen LogP contribution is 2.25. The Morgan fingerprint density at radius 2 is 1.96 bits per heavy atom. The van der Waals surface area contributed by atoms with E-state index in [1.165, 1.54) is 40.0 Å². The molecule has 9 heteroatoms. The number of likely N-dealkylation sites (N-methyl/N-ethyl adjacent to an activating group) is 1. The van der Waals surface area contributed by atoms with E-state index in [9.17, 15) is 19.7 Å². The Hall–Kier alpha value is -3.23. The van der Waals surface area contributed by atoms with Crippen LogP contribution in [-0.4, -0.2) is 49.7 Å². The van der Waals surface area contributed by atoms with Crippen LogP contribution in [0.15, 0.2) is 30.5 Å². The van der Waals surface area contributed by atoms with Crippen molar-refractivity contribution in [2.45, 2.75) is 6.92 Å². The van der Waals surface area contributed by atoms with Crippen LogP contribution >= 0.6 is 0 Å². The summed E-state index contributed by atoms with van der Waals surface area (Å²) < 4.78 is 1.44. The summed E-state index contributed by atoms with van der Waals surface area (Å²) in [4.78, 5) is 34.9. The van der Waals surface area contributed by atoms with Crippen LogP contribution < -0.4 is 0 Å². The van der Waals surface area contributed by atoms with Gasteiger partial charge in [0.05, 0.1) is 10.5 Å². The minimum absolute atomic E-state index is 0.0661. The van der Waals surface area contributed by atoms with Crippen molar-refractivity contribution >= 4 is 17.6 Å². The summed E-state index contributed by atoms with van der Waals surface area (Å²) in [5.74, 6) is -1.56. The standard InChI is InChI=1S/C15H16N4O5/c1-3-18(9-13(20)21)15(22)12-8-17(2)16-14(12)10-4-6-11(7-5-10)19(23)24/h4-8H,3,9H2,1-2H3,(H,20,21). The van der Waals surface area contributed by atoms with Crippen LogP contribution in [0.25, 0.3) is 11.3 Å². The van der Waals surface area contributed by atoms with Crippen LogP contribution in [0.5, 0.6) is 0 Å². The maximum atomic E-state index is 12.6. The molecule has 0 bridgehead atoms. The van der Waals surface area contributed by atoms with Gasteiger partial charge in [0, 0.05) is 37.5 Å². The zero-order valence-corrected chi connectivity index (χ0v) is 13.2. The first-order chi connectivity index (χ1) is 11.3. The monoisotopic (exact) mass is 332 g/mol. The van der Waals surface area contributed by atoms with Gasteiger partial charge in [-0.1, -0.05) is 0 Å². The van der Waals surface area contributed by atoms with E-state index in [1.807, 2.05) is 0 Å². The third-order valence-electron chi connectivity index (χ3n) is 3.41. The average Bonchev–Trinajstić information content (AvgIpc) is 2.93. The molecule has 1 heterocycles. The number of carbonyl (C=O) groups excluding carboxylic acids is 1. The number of nitrogens with zero attached hydrogens (tertiary/aromatic N) is 4. The molecule has 0 aliphatic carbocycles. The van der Waals surface area contributed by atoms with Gasteiger partial charge in [-0.05, 0) is 19.1 Å². The number of nitro groups is 1. The lowest BCUT2D eigenvalue weighted by Gasteiger charge is -2.18. The van der Waals surface area contributed by atoms with E-state index >= 15 is 0 Å². The van der Waals surface area contributed by atoms with Crippen molar-refractivity contribution in [3.63, 3.8) is 0 Å². The molecule has 0 aliphatic heterocycles. The number of carboxylic acid groups (broad SMARTS) is 1. The zero-order chi connectivity index (χ0) is 17.9. The Bertz CT molecular complexity index is 782. The number of aliphatic carboxylic acids is 1. The molecule has 0 saturated carbocycles. The first-order valence-electron chi connectivity index (χ1n) is 7.13. The number of benzene rings is 1. The molecule has 126 valence electrons. The first kappa shape index (κ1) is 17.1. The Morgan fingerprint density at radius 1 is 1.33 bits per heavy atom. The Morgan fingerprint density at radius 3 is 2.46 bits per heavy atom. The van der Waals surface area contributed by atoms with Crippen molar-refractivity contribution in [2.75, 3.05) is 13.1 Å². The van der Waals surface area contributed by atoms with Crippen molar-refractivity contribution in [3.05, 3.63) is 46.1 Å². The number of hydrogen-bond acceptors (Lipinski definition) is 5. The van der Waals surface area contributed by atoms with Crippen LogP contribution in [0.4, 0.5) is 5.69 Å². The molecule has 1 aromatic carbocycles. The van der Waals surface area contributed by atoms with E-state index in [0.29, 0.717) is 11.3 Å². The molecule has 0 aliphatic rings. The molecule has 0 unspecified atom stereocenters. The quantitative estimate of drug-likeness (QED) is 0.633. The van der Waals surface area contributed by atoms with Gasteiger partial charge >= 0.3 is 5.97 Å². The second-order valence-electron chi connectivity index (χ2n) is 5.08. The van der Waals surface area contributed by atoms with Crippen molar-refractivity contribution in [3.8, 4) is 11.3 Å². The number of rotatable bonds is 6. The number of aryl methyl sites for hydroxylation is 1. The molecule has 9 nitrogen and oxygen atoms in total. The molecule has 0 radical (unpaired) electrons. The topological polar surface area (TPSA) is 119 Å². The summed E-state index contributed by atoms with van der Waals surface area (Å²) in [5.41, 5.74) is 1.07. The van der Waals surface area contributed by atoms with Crippen LogP contribution in [0, 0.1) is 10.1 Å². The lowest BCUT2D eigenvalue weighted by Crippen LogP contribution is -2.35. The van der Waals surface area contributed by atoms with Gasteiger partial charge in [-0.25, -0.2) is 0 Å². The summed E-state index contributed by atoms with van der Waals surface area (Å²) in [5, 5.41) is 23.9. The van der Waals surface area contributed by atoms with Crippen LogP contribution in [0.2, 0.25) is 0 Å². The highest BCUT2D eigenvalue weighted by Gasteiger charge is 2.23. The number of hydrogen-bond donors (Lipinski definition) is 1. The number of aromatic nitrogens is 2. The van der Waals surface area contributed by atoms with Crippen LogP contribution in [0.1, 0.15) is 17.3 Å². The molecular formula is C15H16N4O5. The number of amides is 1. The molecule has 1 N–H and O–H groups in total. The van der Waals surface area contributed by atoms with E-state index in [2.05, 4.69) is 5.10 Å². The van der Waals surface area contributed by atoms with Crippen molar-refractivity contribution in [2.24, 2.45) is 7.05 Å². The van der Waals surface area contributed by atoms with E-state index in [-0.39, 0.29) is 17.8 Å². The fraction of sp³-hybridized carbons (Fsp3) is 0.267. The van der Waals surface area contributed by atoms with E-state index in [0.717, 1.165) is 0 Å². The second-order valence-corrected chi connectivity index (χ2v) is 5.08. The minimum Gasteiger partial charge on any atom is -0.480 e. The average molecular weight is 332 g/mol. The smallest absolute Gasteiger partial charge is 0.323 e. The van der Waals surface area contributed by atoms with Crippen molar-refractivity contribution in [1.29, 1.82) is 0 Å². The minimum atomic E-state index is -1.11. The Kier molecular flexibility index (Phi) is 4.93. The maximum absolute atomic E-state index is 12.6. The lowest BCUT2D eigenvalue weighted by molar-refractivity contribution is -0.384. The SMILES string of the molecule is CCN(CC(=O)O)C(=O)c1cn(C)nc1-c1ccc([N+](=O)[O-])cc1. The molecule has 0 saturated heterocycles. The van der Waals surface area contributed by atoms with Gasteiger partial charge in [-0.3, -0.25) is 24.4 Å². The van der Waals surface area contributed by atoms with Gasteiger partial charge in [0.15, 0.2) is 0 Å². The van der Waals surface area contributed by atoms with Crippen molar-refractivity contribution in [1.82, 2.24) is 14.7 Å². The molecule has 1 aromatic heterocycles. The summed E-state index contributed by atoms with van der Waals surface area (Å²) in [7, 11) is 1.64. The number of carboxylic acids is 1. The maximum Gasteiger partial charge on any atom is 0.323 e. The molecule has 1 amide bonds. The molecule has 2 aromatic rings. The number of carbonyl (C=O) groups is 2. The summed E-state index contributed by atoms with van der Waals surface area (Å²) >= 11 is 0. The van der Waals surface area contributed by atoms with Crippen LogP contribution in [-0.2, 0) is 11.8 Å². The fourth-order valence-electron chi connectivity index (χ4n) is 2.26. The highest BCUT2D eigenvalue weighted by molar-refractivity contribution is 6.00. The predicted molar refractivity (Wildman–Crippen MR) is 84.5 cm³/mol. The third-order valence-corrected chi connectivity index (χ3v) is 3.41. The molecule has 0 fully saturated rings. The van der Waals surface area contributed by atoms with E-state index < -0.39 is 23.3 Å². The molecule has 2 rings (SSSR count). The van der Waals surface area contributed by atoms with Gasteiger partial charge in [-0.2, -0.15) is 5.10 Å². The fourth-order valence-corrected chi connectivity index (χ4v) is 2.26. The van der Waals surface area contributed by atoms with Crippen molar-refractivity contribution < 1.29 is 19.6 Å². The number of nitro benzene ring substituents is 1. The summed E-state index contributed by atoms with van der Waals surface area (Å²) in [6.45, 7) is 1.51. The van der Waals surface area contributed by atoms with E-state index in [1.54, 1.807) is 14.0 Å². The van der Waals surface area contributed by atoms with Gasteiger partial charge in [0.1, 0.15) is 12.2 Å². The number of non-ortho nitro benzene ring substituents is 1. The Balaban J connectivity index is 2.41. The molecular weight excluding hydrogens is 316 g/mol. The molecule has 0 atom stereocenters. The van der Waals surface area contributed by atoms with Gasteiger partial charge < -0.3 is 10.0 Å². The Labute approximate surface area is 137 Å². The lowest BCUT2D eigenvalue weighted by atomic mass is 10.1. The third kappa shape index (κ3) is 3.57.